The molecule has 0 fully saturated rings. The first kappa shape index (κ1) is 20.0. The summed E-state index contributed by atoms with van der Waals surface area (Å²) in [6.45, 7) is 1.74. The third kappa shape index (κ3) is 4.34. The van der Waals surface area contributed by atoms with E-state index in [4.69, 9.17) is 5.84 Å². The Morgan fingerprint density at radius 2 is 1.93 bits per heavy atom. The predicted octanol–water partition coefficient (Wildman–Crippen LogP) is 4.04. The molecule has 2 aromatic carbocycles. The standard InChI is InChI=1S/C20H17FN6OS2/c1-12(18(28)24-19-23-16(11-29-19)13-6-3-2-4-7-13)30-20-26-25-17(27(20)22)14-8-5-9-15(21)10-14/h2-12H,22H2,1H3,(H,23,24,28)/t12-/m0/s1. The van der Waals surface area contributed by atoms with Gasteiger partial charge in [0, 0.05) is 16.5 Å². The number of nitrogens with one attached hydrogen (secondary N) is 1. The summed E-state index contributed by atoms with van der Waals surface area (Å²) in [6, 6.07) is 15.7. The van der Waals surface area contributed by atoms with Gasteiger partial charge in [0.05, 0.1) is 10.9 Å². The highest BCUT2D eigenvalue weighted by Crippen LogP contribution is 2.28. The predicted molar refractivity (Wildman–Crippen MR) is 117 cm³/mol. The molecule has 30 heavy (non-hydrogen) atoms. The Kier molecular flexibility index (Phi) is 5.77. The second kappa shape index (κ2) is 8.64. The fourth-order valence-corrected chi connectivity index (χ4v) is 4.17. The summed E-state index contributed by atoms with van der Waals surface area (Å²) in [7, 11) is 0. The van der Waals surface area contributed by atoms with Gasteiger partial charge < -0.3 is 11.2 Å². The zero-order chi connectivity index (χ0) is 21.1. The molecule has 4 aromatic rings. The van der Waals surface area contributed by atoms with Gasteiger partial charge in [-0.15, -0.1) is 21.5 Å². The number of halogens is 1. The van der Waals surface area contributed by atoms with Crippen LogP contribution in [0, 0.1) is 5.82 Å². The van der Waals surface area contributed by atoms with Gasteiger partial charge in [0.2, 0.25) is 11.1 Å². The molecule has 0 radical (unpaired) electrons. The minimum Gasteiger partial charge on any atom is -0.335 e. The Labute approximate surface area is 180 Å². The lowest BCUT2D eigenvalue weighted by Crippen LogP contribution is -2.23. The Bertz CT molecular complexity index is 1180. The number of hydrogen-bond donors (Lipinski definition) is 2. The molecule has 0 saturated carbocycles. The average Bonchev–Trinajstić information content (AvgIpc) is 3.36. The third-order valence-electron chi connectivity index (χ3n) is 4.20. The molecule has 0 bridgehead atoms. The fourth-order valence-electron chi connectivity index (χ4n) is 2.67. The molecule has 0 saturated heterocycles. The maximum atomic E-state index is 13.5. The van der Waals surface area contributed by atoms with Gasteiger partial charge in [-0.25, -0.2) is 14.1 Å². The van der Waals surface area contributed by atoms with Crippen LogP contribution in [0.25, 0.3) is 22.6 Å². The molecule has 0 aliphatic heterocycles. The smallest absolute Gasteiger partial charge is 0.239 e. The van der Waals surface area contributed by atoms with Crippen molar-refractivity contribution in [2.75, 3.05) is 11.2 Å². The number of carbonyl (C=O) groups is 1. The van der Waals surface area contributed by atoms with Crippen molar-refractivity contribution >= 4 is 34.1 Å². The first-order valence-electron chi connectivity index (χ1n) is 8.96. The number of benzene rings is 2. The molecule has 0 spiro atoms. The molecule has 2 aromatic heterocycles. The number of rotatable bonds is 6. The number of carbonyl (C=O) groups excluding carboxylic acids is 1. The van der Waals surface area contributed by atoms with Crippen molar-refractivity contribution in [3.05, 3.63) is 65.8 Å². The molecule has 3 N–H and O–H groups in total. The van der Waals surface area contributed by atoms with Crippen LogP contribution in [-0.2, 0) is 4.79 Å². The first-order chi connectivity index (χ1) is 14.5. The molecule has 1 amide bonds. The van der Waals surface area contributed by atoms with Crippen molar-refractivity contribution in [1.82, 2.24) is 19.9 Å². The van der Waals surface area contributed by atoms with Crippen LogP contribution >= 0.6 is 23.1 Å². The largest absolute Gasteiger partial charge is 0.335 e. The number of amides is 1. The van der Waals surface area contributed by atoms with E-state index in [9.17, 15) is 9.18 Å². The molecule has 4 rings (SSSR count). The van der Waals surface area contributed by atoms with Crippen LogP contribution in [0.4, 0.5) is 9.52 Å². The highest BCUT2D eigenvalue weighted by Gasteiger charge is 2.21. The van der Waals surface area contributed by atoms with Crippen molar-refractivity contribution in [2.24, 2.45) is 0 Å². The molecule has 1 atom stereocenters. The van der Waals surface area contributed by atoms with Crippen LogP contribution in [0.3, 0.4) is 0 Å². The lowest BCUT2D eigenvalue weighted by molar-refractivity contribution is -0.115. The average molecular weight is 441 g/mol. The second-order valence-electron chi connectivity index (χ2n) is 6.34. The Morgan fingerprint density at radius 1 is 1.17 bits per heavy atom. The summed E-state index contributed by atoms with van der Waals surface area (Å²) in [5, 5.41) is 13.1. The summed E-state index contributed by atoms with van der Waals surface area (Å²) in [6.07, 6.45) is 0. The van der Waals surface area contributed by atoms with E-state index in [0.717, 1.165) is 23.0 Å². The number of thioether (sulfide) groups is 1. The summed E-state index contributed by atoms with van der Waals surface area (Å²) >= 11 is 2.51. The first-order valence-corrected chi connectivity index (χ1v) is 10.7. The van der Waals surface area contributed by atoms with Crippen LogP contribution in [0.2, 0.25) is 0 Å². The van der Waals surface area contributed by atoms with Crippen molar-refractivity contribution in [2.45, 2.75) is 17.3 Å². The van der Waals surface area contributed by atoms with Gasteiger partial charge in [-0.2, -0.15) is 0 Å². The molecule has 7 nitrogen and oxygen atoms in total. The Morgan fingerprint density at radius 3 is 2.70 bits per heavy atom. The molecule has 0 aliphatic carbocycles. The maximum absolute atomic E-state index is 13.5. The number of nitrogen functional groups attached to an aromatic ring is 1. The number of hydrogen-bond acceptors (Lipinski definition) is 7. The van der Waals surface area contributed by atoms with E-state index in [-0.39, 0.29) is 5.91 Å². The minimum absolute atomic E-state index is 0.232. The summed E-state index contributed by atoms with van der Waals surface area (Å²) in [5.41, 5.74) is 2.29. The quantitative estimate of drug-likeness (QED) is 0.347. The van der Waals surface area contributed by atoms with Crippen LogP contribution in [0.1, 0.15) is 6.92 Å². The van der Waals surface area contributed by atoms with Crippen molar-refractivity contribution < 1.29 is 9.18 Å². The second-order valence-corrected chi connectivity index (χ2v) is 8.51. The molecular formula is C20H17FN6OS2. The zero-order valence-corrected chi connectivity index (χ0v) is 17.5. The highest BCUT2D eigenvalue weighted by atomic mass is 32.2. The van der Waals surface area contributed by atoms with Crippen LogP contribution in [-0.4, -0.2) is 31.0 Å². The summed E-state index contributed by atoms with van der Waals surface area (Å²) in [5.74, 6) is 5.75. The minimum atomic E-state index is -0.499. The number of nitrogens with zero attached hydrogens (tertiary/aromatic N) is 4. The van der Waals surface area contributed by atoms with E-state index in [1.807, 2.05) is 35.7 Å². The van der Waals surface area contributed by atoms with Crippen LogP contribution in [0.5, 0.6) is 0 Å². The van der Waals surface area contributed by atoms with E-state index >= 15 is 0 Å². The van der Waals surface area contributed by atoms with Gasteiger partial charge in [-0.05, 0) is 19.1 Å². The Balaban J connectivity index is 1.43. The number of anilines is 1. The zero-order valence-electron chi connectivity index (χ0n) is 15.8. The number of aromatic nitrogens is 4. The van der Waals surface area contributed by atoms with Gasteiger partial charge in [0.25, 0.3) is 0 Å². The number of nitrogens with two attached hydrogens (primary N) is 1. The number of thiazole rings is 1. The van der Waals surface area contributed by atoms with E-state index in [2.05, 4.69) is 20.5 Å². The third-order valence-corrected chi connectivity index (χ3v) is 6.02. The van der Waals surface area contributed by atoms with E-state index in [0.29, 0.717) is 21.7 Å². The van der Waals surface area contributed by atoms with Crippen LogP contribution in [0.15, 0.2) is 65.1 Å². The monoisotopic (exact) mass is 440 g/mol. The van der Waals surface area contributed by atoms with Gasteiger partial charge in [0.15, 0.2) is 11.0 Å². The topological polar surface area (TPSA) is 98.7 Å². The van der Waals surface area contributed by atoms with Crippen molar-refractivity contribution in [3.8, 4) is 22.6 Å². The van der Waals surface area contributed by atoms with Crippen molar-refractivity contribution in [1.29, 1.82) is 0 Å². The van der Waals surface area contributed by atoms with E-state index in [1.165, 1.54) is 28.1 Å². The highest BCUT2D eigenvalue weighted by molar-refractivity contribution is 8.00. The maximum Gasteiger partial charge on any atom is 0.239 e. The van der Waals surface area contributed by atoms with E-state index < -0.39 is 11.1 Å². The van der Waals surface area contributed by atoms with Gasteiger partial charge in [-0.1, -0.05) is 54.2 Å². The van der Waals surface area contributed by atoms with Gasteiger partial charge >= 0.3 is 0 Å². The normalized spacial score (nSPS) is 11.9. The molecular weight excluding hydrogens is 423 g/mol. The van der Waals surface area contributed by atoms with Crippen LogP contribution < -0.4 is 11.2 Å². The molecule has 10 heteroatoms. The summed E-state index contributed by atoms with van der Waals surface area (Å²) < 4.78 is 14.7. The van der Waals surface area contributed by atoms with Crippen molar-refractivity contribution in [3.63, 3.8) is 0 Å². The van der Waals surface area contributed by atoms with Gasteiger partial charge in [-0.3, -0.25) is 4.79 Å². The summed E-state index contributed by atoms with van der Waals surface area (Å²) in [4.78, 5) is 17.0. The SMILES string of the molecule is C[C@H](Sc1nnc(-c2cccc(F)c2)n1N)C(=O)Nc1nc(-c2ccccc2)cs1. The fraction of sp³-hybridized carbons (Fsp3) is 0.100. The van der Waals surface area contributed by atoms with E-state index in [1.54, 1.807) is 19.1 Å². The lowest BCUT2D eigenvalue weighted by atomic mass is 10.2. The van der Waals surface area contributed by atoms with Gasteiger partial charge in [0.1, 0.15) is 5.82 Å². The molecule has 0 unspecified atom stereocenters. The molecule has 2 heterocycles. The Hall–Kier alpha value is -3.24. The lowest BCUT2D eigenvalue weighted by Gasteiger charge is -2.10. The molecule has 152 valence electrons. The molecule has 0 aliphatic rings.